The molecule has 10 N–H and O–H groups in total. The monoisotopic (exact) mass is 2400 g/mol. The van der Waals surface area contributed by atoms with E-state index in [-0.39, 0.29) is 119 Å². The predicted octanol–water partition coefficient (Wildman–Crippen LogP) is -2.99. The fourth-order valence-corrected chi connectivity index (χ4v) is 3.39. The molecular weight excluding hydrogens is 2330 g/mol. The molecule has 0 aliphatic heterocycles. The molecule has 4 unspecified atom stereocenters. The van der Waals surface area contributed by atoms with Gasteiger partial charge in [-0.05, 0) is 12.8 Å². The van der Waals surface area contributed by atoms with Crippen molar-refractivity contribution in [1.82, 2.24) is 0 Å². The third-order valence-electron chi connectivity index (χ3n) is 6.50. The summed E-state index contributed by atoms with van der Waals surface area (Å²) in [6, 6.07) is 0. The van der Waals surface area contributed by atoms with Crippen LogP contribution in [0.5, 0.6) is 0 Å². The summed E-state index contributed by atoms with van der Waals surface area (Å²) in [5.74, 6) is 0. The van der Waals surface area contributed by atoms with Gasteiger partial charge in [-0.3, -0.25) is 0 Å². The van der Waals surface area contributed by atoms with E-state index in [1.807, 2.05) is 0 Å². The van der Waals surface area contributed by atoms with E-state index >= 15 is 0 Å². The molecule has 0 aliphatic carbocycles. The molecule has 0 saturated heterocycles. The van der Waals surface area contributed by atoms with Gasteiger partial charge in [-0.15, -0.1) is 0 Å². The zero-order chi connectivity index (χ0) is 41.9. The van der Waals surface area contributed by atoms with Crippen molar-refractivity contribution in [1.29, 1.82) is 0 Å². The van der Waals surface area contributed by atoms with Crippen molar-refractivity contribution in [2.24, 2.45) is 10.8 Å². The molecule has 0 saturated carbocycles. The van der Waals surface area contributed by atoms with Gasteiger partial charge in [-0.25, -0.2) is 42.7 Å². The van der Waals surface area contributed by atoms with Crippen molar-refractivity contribution in [3.05, 3.63) is 42.7 Å². The van der Waals surface area contributed by atoms with Crippen LogP contribution in [-0.2, 0) is 47.4 Å². The van der Waals surface area contributed by atoms with E-state index in [4.69, 9.17) is 49.6 Å². The topological polar surface area (TPSA) is 295 Å². The normalized spacial score (nSPS) is 12.4. The Hall–Kier alpha value is -6.80. The molecule has 0 aromatic carbocycles. The number of rotatable bonds is 34. The SMILES string of the molecule is [CH2-]OCC(CO)(CO)CO[CH2-].[CH2-]OCC(CO)(CO)CO[CH2-].[CH2-]OCC(O)CCOCC(O)COCCO.[CH2-]OCC(O)CCOCC(O)COCCO.[Rf].[Rf].[Rf].[Rf].[Rf].[Rf]. The third kappa shape index (κ3) is 49.2. The molecule has 4 atom stereocenters. The van der Waals surface area contributed by atoms with Gasteiger partial charge >= 0.3 is 0 Å². The zero-order valence-corrected chi connectivity index (χ0v) is 74.3. The summed E-state index contributed by atoms with van der Waals surface area (Å²) < 4.78 is 47.3. The van der Waals surface area contributed by atoms with Gasteiger partial charge in [-0.2, -0.15) is 0 Å². The fourth-order valence-electron chi connectivity index (χ4n) is 3.39. The minimum absolute atomic E-state index is 0. The van der Waals surface area contributed by atoms with Crippen molar-refractivity contribution in [2.45, 2.75) is 37.3 Å². The Kier molecular flexibility index (Phi) is 73.2. The van der Waals surface area contributed by atoms with Crippen LogP contribution in [0.25, 0.3) is 0 Å². The molecule has 0 heterocycles. The maximum atomic E-state index is 9.32. The summed E-state index contributed by atoms with van der Waals surface area (Å²) in [5, 5.41) is 89.4. The molecule has 26 heteroatoms. The van der Waals surface area contributed by atoms with Crippen LogP contribution in [0.4, 0.5) is 0 Å². The van der Waals surface area contributed by atoms with Crippen molar-refractivity contribution in [3.63, 3.8) is 0 Å². The molecule has 0 aromatic rings. The second kappa shape index (κ2) is 56.5. The van der Waals surface area contributed by atoms with Crippen LogP contribution >= 0.6 is 0 Å². The van der Waals surface area contributed by atoms with E-state index in [9.17, 15) is 20.4 Å². The molecule has 0 rings (SSSR count). The van der Waals surface area contributed by atoms with Gasteiger partial charge in [0.05, 0.1) is 102 Å². The minimum Gasteiger partial charge on any atom is -0.554 e. The molecule has 0 bridgehead atoms. The predicted molar refractivity (Wildman–Crippen MR) is 192 cm³/mol. The van der Waals surface area contributed by atoms with Gasteiger partial charge in [0.25, 0.3) is 0 Å². The summed E-state index contributed by atoms with van der Waals surface area (Å²) in [4.78, 5) is 0. The Morgan fingerprint density at radius 3 is 0.750 bits per heavy atom. The molecular formula is C34H70O20Rf6-6. The van der Waals surface area contributed by atoms with E-state index in [2.05, 4.69) is 71.1 Å². The molecule has 344 valence electrons. The Balaban J connectivity index is -0.0000000681. The Bertz CT molecular complexity index is 646. The molecule has 0 spiro atoms. The van der Waals surface area contributed by atoms with Crippen LogP contribution in [0, 0.1) is 53.5 Å². The first-order chi connectivity index (χ1) is 25.9. The molecule has 0 aromatic heterocycles. The second-order valence-electron chi connectivity index (χ2n) is 11.7. The van der Waals surface area contributed by atoms with Crippen LogP contribution in [0.15, 0.2) is 0 Å². The van der Waals surface area contributed by atoms with Crippen molar-refractivity contribution >= 4 is 0 Å². The summed E-state index contributed by atoms with van der Waals surface area (Å²) in [7, 11) is 18.9. The minimum atomic E-state index is -0.774. The van der Waals surface area contributed by atoms with Crippen molar-refractivity contribution in [3.8, 4) is 0 Å². The first kappa shape index (κ1) is 77.7. The average Bonchev–Trinajstić information content (AvgIpc) is 3.16. The molecule has 0 amide bonds. The van der Waals surface area contributed by atoms with Gasteiger partial charge in [0.1, 0.15) is 12.2 Å². The van der Waals surface area contributed by atoms with Crippen LogP contribution in [0.2, 0.25) is 0 Å². The number of hydrogen-bond acceptors (Lipinski definition) is 20. The smallest absolute Gasteiger partial charge is 0.101 e. The zero-order valence-electron chi connectivity index (χ0n) is 35.9. The van der Waals surface area contributed by atoms with Gasteiger partial charge in [0, 0.05) is 52.9 Å². The first-order valence-electron chi connectivity index (χ1n) is 16.8. The van der Waals surface area contributed by atoms with Crippen LogP contribution < -0.4 is 0 Å². The van der Waals surface area contributed by atoms with Gasteiger partial charge in [0.15, 0.2) is 0 Å². The maximum Gasteiger partial charge on any atom is 0.101 e. The summed E-state index contributed by atoms with van der Waals surface area (Å²) in [6.07, 6.45) is -1.76. The number of aliphatic hydroxyl groups is 10. The van der Waals surface area contributed by atoms with Gasteiger partial charge in [0.2, 0.25) is 0 Å². The molecule has 0 radical (unpaired) electrons. The van der Waals surface area contributed by atoms with E-state index in [1.54, 1.807) is 0 Å². The molecule has 60 heavy (non-hydrogen) atoms. The molecule has 20 nitrogen and oxygen atoms in total. The Morgan fingerprint density at radius 1 is 0.333 bits per heavy atom. The summed E-state index contributed by atoms with van der Waals surface area (Å²) in [5.41, 5.74) is -1.55. The average molecular weight is 2400 g/mol. The Morgan fingerprint density at radius 2 is 0.567 bits per heavy atom. The van der Waals surface area contributed by atoms with E-state index in [0.29, 0.717) is 26.1 Å². The molecule has 0 aliphatic rings. The van der Waals surface area contributed by atoms with Crippen molar-refractivity contribution in [2.75, 3.05) is 132 Å². The summed E-state index contributed by atoms with van der Waals surface area (Å²) >= 11 is 0. The largest absolute Gasteiger partial charge is 0.554 e. The van der Waals surface area contributed by atoms with Crippen LogP contribution in [0.1, 0.15) is 12.8 Å². The van der Waals surface area contributed by atoms with Gasteiger partial charge in [-0.1, -0.05) is 0 Å². The first-order valence-corrected chi connectivity index (χ1v) is 16.8. The third-order valence-corrected chi connectivity index (χ3v) is 6.50. The Labute approximate surface area is 321 Å². The van der Waals surface area contributed by atoms with Crippen LogP contribution in [0.3, 0.4) is 0 Å². The number of aliphatic hydroxyl groups excluding tert-OH is 10. The fraction of sp³-hybridized carbons (Fsp3) is 0.824. The number of ether oxygens (including phenoxy) is 10. The van der Waals surface area contributed by atoms with Crippen molar-refractivity contribution < 1.29 is 98.4 Å². The quantitative estimate of drug-likeness (QED) is 0.0227. The van der Waals surface area contributed by atoms with E-state index in [0.717, 1.165) is 0 Å². The van der Waals surface area contributed by atoms with E-state index < -0.39 is 35.2 Å². The van der Waals surface area contributed by atoms with Gasteiger partial charge < -0.3 is 98.4 Å². The molecule has 0 fully saturated rings. The number of hydrogen-bond donors (Lipinski definition) is 10. The maximum absolute atomic E-state index is 9.32. The van der Waals surface area contributed by atoms with Crippen LogP contribution in [-0.4, -0.2) is 208 Å². The second-order valence-corrected chi connectivity index (χ2v) is 11.7. The standard InChI is InChI=1S/2C10H21O6.2C7H14O4.6Rf/c2*1-14-6-9(12)2-4-15-7-10(13)8-16-5-3-11;2*1-10-5-7(3-8,4-9)6-11-2;;;;;;/h2*9-13H,1-8H2;2*8-9H,1-6H2;;;;;;/q2*-1;2*-2;;;;;;. The summed E-state index contributed by atoms with van der Waals surface area (Å²) in [6.45, 7) is 1.58. The van der Waals surface area contributed by atoms with E-state index in [1.165, 1.54) is 0 Å².